The van der Waals surface area contributed by atoms with E-state index in [4.69, 9.17) is 4.74 Å². The van der Waals surface area contributed by atoms with Gasteiger partial charge in [0.2, 0.25) is 5.91 Å². The topological polar surface area (TPSA) is 57.2 Å². The second kappa shape index (κ2) is 12.8. The molecule has 0 saturated carbocycles. The van der Waals surface area contributed by atoms with Crippen LogP contribution in [0.2, 0.25) is 0 Å². The molecule has 1 N–H and O–H groups in total. The van der Waals surface area contributed by atoms with Crippen LogP contribution in [0, 0.1) is 0 Å². The predicted molar refractivity (Wildman–Crippen MR) is 116 cm³/mol. The lowest BCUT2D eigenvalue weighted by Crippen LogP contribution is -2.41. The largest absolute Gasteiger partial charge is 0.492 e. The molecule has 1 fully saturated rings. The van der Waals surface area contributed by atoms with Crippen molar-refractivity contribution in [2.24, 2.45) is 4.99 Å². The minimum absolute atomic E-state index is 0. The minimum Gasteiger partial charge on any atom is -0.492 e. The van der Waals surface area contributed by atoms with Crippen molar-refractivity contribution in [3.05, 3.63) is 30.3 Å². The van der Waals surface area contributed by atoms with Gasteiger partial charge in [-0.05, 0) is 31.9 Å². The summed E-state index contributed by atoms with van der Waals surface area (Å²) < 4.78 is 5.74. The highest BCUT2D eigenvalue weighted by atomic mass is 127. The number of hydrogen-bond acceptors (Lipinski definition) is 3. The fourth-order valence-corrected chi connectivity index (χ4v) is 2.78. The molecule has 1 amide bonds. The standard InChI is InChI=1S/C19H30N4O2.HI/c1-3-20-19(21-12-8-14-23-13-7-11-18(23)24)22(2)15-16-25-17-9-5-4-6-10-17;/h4-6,9-10H,3,7-8,11-16H2,1-2H3,(H,20,21);1H. The van der Waals surface area contributed by atoms with E-state index in [-0.39, 0.29) is 29.9 Å². The number of para-hydroxylation sites is 1. The first-order valence-corrected chi connectivity index (χ1v) is 9.15. The number of ether oxygens (including phenoxy) is 1. The Balaban J connectivity index is 0.00000338. The van der Waals surface area contributed by atoms with Crippen LogP contribution < -0.4 is 10.1 Å². The molecule has 1 aliphatic rings. The predicted octanol–water partition coefficient (Wildman–Crippen LogP) is 2.59. The first-order chi connectivity index (χ1) is 12.2. The summed E-state index contributed by atoms with van der Waals surface area (Å²) in [6.07, 6.45) is 2.60. The number of likely N-dealkylation sites (tertiary alicyclic amines) is 1. The van der Waals surface area contributed by atoms with Crippen LogP contribution in [0.5, 0.6) is 5.75 Å². The van der Waals surface area contributed by atoms with E-state index >= 15 is 0 Å². The van der Waals surface area contributed by atoms with Crippen molar-refractivity contribution in [2.45, 2.75) is 26.2 Å². The second-order valence-electron chi connectivity index (χ2n) is 6.16. The van der Waals surface area contributed by atoms with E-state index in [9.17, 15) is 4.79 Å². The fourth-order valence-electron chi connectivity index (χ4n) is 2.78. The maximum absolute atomic E-state index is 11.6. The van der Waals surface area contributed by atoms with Gasteiger partial charge in [-0.2, -0.15) is 0 Å². The van der Waals surface area contributed by atoms with E-state index in [0.29, 0.717) is 13.0 Å². The van der Waals surface area contributed by atoms with Crippen molar-refractivity contribution in [1.29, 1.82) is 0 Å². The smallest absolute Gasteiger partial charge is 0.222 e. The average Bonchev–Trinajstić information content (AvgIpc) is 3.03. The molecule has 0 atom stereocenters. The maximum atomic E-state index is 11.6. The van der Waals surface area contributed by atoms with Crippen molar-refractivity contribution in [3.8, 4) is 5.75 Å². The summed E-state index contributed by atoms with van der Waals surface area (Å²) in [5.41, 5.74) is 0. The van der Waals surface area contributed by atoms with Crippen LogP contribution >= 0.6 is 24.0 Å². The third kappa shape index (κ3) is 7.80. The Kier molecular flexibility index (Phi) is 11.1. The van der Waals surface area contributed by atoms with Crippen LogP contribution in [0.4, 0.5) is 0 Å². The SMILES string of the molecule is CCNC(=NCCCN1CCCC1=O)N(C)CCOc1ccccc1.I. The maximum Gasteiger partial charge on any atom is 0.222 e. The first kappa shape index (κ1) is 22.5. The second-order valence-corrected chi connectivity index (χ2v) is 6.16. The van der Waals surface area contributed by atoms with Crippen molar-refractivity contribution in [2.75, 3.05) is 46.4 Å². The molecule has 1 heterocycles. The van der Waals surface area contributed by atoms with Gasteiger partial charge in [0.1, 0.15) is 12.4 Å². The van der Waals surface area contributed by atoms with Crippen LogP contribution in [-0.2, 0) is 4.79 Å². The van der Waals surface area contributed by atoms with Gasteiger partial charge in [0.25, 0.3) is 0 Å². The molecule has 7 heteroatoms. The van der Waals surface area contributed by atoms with Crippen molar-refractivity contribution < 1.29 is 9.53 Å². The summed E-state index contributed by atoms with van der Waals surface area (Å²) in [5.74, 6) is 2.05. The van der Waals surface area contributed by atoms with E-state index in [1.54, 1.807) is 0 Å². The van der Waals surface area contributed by atoms with E-state index in [1.165, 1.54) is 0 Å². The monoisotopic (exact) mass is 474 g/mol. The molecule has 1 saturated heterocycles. The van der Waals surface area contributed by atoms with E-state index in [0.717, 1.165) is 57.3 Å². The molecule has 0 bridgehead atoms. The average molecular weight is 474 g/mol. The molecule has 1 aromatic carbocycles. The minimum atomic E-state index is 0. The Bertz CT molecular complexity index is 554. The summed E-state index contributed by atoms with van der Waals surface area (Å²) >= 11 is 0. The lowest BCUT2D eigenvalue weighted by Gasteiger charge is -2.22. The number of rotatable bonds is 9. The Labute approximate surface area is 174 Å². The van der Waals surface area contributed by atoms with Gasteiger partial charge in [-0.15, -0.1) is 24.0 Å². The molecule has 146 valence electrons. The number of amides is 1. The third-order valence-corrected chi connectivity index (χ3v) is 4.15. The number of carbonyl (C=O) groups excluding carboxylic acids is 1. The molecule has 0 aromatic heterocycles. The highest BCUT2D eigenvalue weighted by Gasteiger charge is 2.18. The zero-order chi connectivity index (χ0) is 17.9. The van der Waals surface area contributed by atoms with Crippen LogP contribution in [-0.4, -0.2) is 68.0 Å². The lowest BCUT2D eigenvalue weighted by atomic mass is 10.3. The van der Waals surface area contributed by atoms with E-state index in [2.05, 4.69) is 22.1 Å². The molecule has 0 unspecified atom stereocenters. The highest BCUT2D eigenvalue weighted by molar-refractivity contribution is 14.0. The summed E-state index contributed by atoms with van der Waals surface area (Å²) in [6.45, 7) is 6.68. The van der Waals surface area contributed by atoms with Crippen molar-refractivity contribution in [3.63, 3.8) is 0 Å². The van der Waals surface area contributed by atoms with Gasteiger partial charge in [-0.25, -0.2) is 0 Å². The normalized spacial score (nSPS) is 14.2. The molecular weight excluding hydrogens is 443 g/mol. The van der Waals surface area contributed by atoms with Gasteiger partial charge in [0, 0.05) is 39.6 Å². The molecule has 1 aliphatic heterocycles. The quantitative estimate of drug-likeness (QED) is 0.259. The van der Waals surface area contributed by atoms with Crippen LogP contribution in [0.25, 0.3) is 0 Å². The number of nitrogens with zero attached hydrogens (tertiary/aromatic N) is 3. The molecule has 0 aliphatic carbocycles. The number of guanidine groups is 1. The molecule has 26 heavy (non-hydrogen) atoms. The van der Waals surface area contributed by atoms with Gasteiger partial charge in [-0.1, -0.05) is 18.2 Å². The molecule has 0 spiro atoms. The van der Waals surface area contributed by atoms with Crippen LogP contribution in [0.1, 0.15) is 26.2 Å². The summed E-state index contributed by atoms with van der Waals surface area (Å²) in [7, 11) is 2.01. The van der Waals surface area contributed by atoms with E-state index < -0.39 is 0 Å². The van der Waals surface area contributed by atoms with Crippen molar-refractivity contribution in [1.82, 2.24) is 15.1 Å². The number of nitrogens with one attached hydrogen (secondary N) is 1. The number of halogens is 1. The third-order valence-electron chi connectivity index (χ3n) is 4.15. The zero-order valence-electron chi connectivity index (χ0n) is 15.8. The summed E-state index contributed by atoms with van der Waals surface area (Å²) in [4.78, 5) is 20.3. The lowest BCUT2D eigenvalue weighted by molar-refractivity contribution is -0.127. The van der Waals surface area contributed by atoms with E-state index in [1.807, 2.05) is 42.3 Å². The number of aliphatic imine (C=N–C) groups is 1. The number of carbonyl (C=O) groups is 1. The van der Waals surface area contributed by atoms with Crippen LogP contribution in [0.3, 0.4) is 0 Å². The molecule has 2 rings (SSSR count). The Hall–Kier alpha value is -1.51. The van der Waals surface area contributed by atoms with Gasteiger partial charge >= 0.3 is 0 Å². The van der Waals surface area contributed by atoms with Gasteiger partial charge in [0.05, 0.1) is 6.54 Å². The molecular formula is C19H31IN4O2. The summed E-state index contributed by atoms with van der Waals surface area (Å²) in [5, 5.41) is 3.31. The Morgan fingerprint density at radius 2 is 2.12 bits per heavy atom. The fraction of sp³-hybridized carbons (Fsp3) is 0.579. The van der Waals surface area contributed by atoms with Gasteiger partial charge < -0.3 is 19.9 Å². The molecule has 0 radical (unpaired) electrons. The Morgan fingerprint density at radius 3 is 2.77 bits per heavy atom. The Morgan fingerprint density at radius 1 is 1.35 bits per heavy atom. The van der Waals surface area contributed by atoms with Gasteiger partial charge in [-0.3, -0.25) is 9.79 Å². The zero-order valence-corrected chi connectivity index (χ0v) is 18.1. The highest BCUT2D eigenvalue weighted by Crippen LogP contribution is 2.10. The number of hydrogen-bond donors (Lipinski definition) is 1. The number of likely N-dealkylation sites (N-methyl/N-ethyl adjacent to an activating group) is 1. The van der Waals surface area contributed by atoms with Crippen LogP contribution in [0.15, 0.2) is 35.3 Å². The van der Waals surface area contributed by atoms with Crippen molar-refractivity contribution >= 4 is 35.8 Å². The first-order valence-electron chi connectivity index (χ1n) is 9.15. The molecule has 1 aromatic rings. The van der Waals surface area contributed by atoms with Gasteiger partial charge in [0.15, 0.2) is 5.96 Å². The summed E-state index contributed by atoms with van der Waals surface area (Å²) in [6, 6.07) is 9.83. The number of benzene rings is 1. The molecule has 6 nitrogen and oxygen atoms in total.